The molecule has 47 heavy (non-hydrogen) atoms. The maximum atomic E-state index is 11.4. The second-order valence-corrected chi connectivity index (χ2v) is 11.9. The second-order valence-electron chi connectivity index (χ2n) is 11.1. The highest BCUT2D eigenvalue weighted by Crippen LogP contribution is 2.22. The normalized spacial score (nSPS) is 11.1. The van der Waals surface area contributed by atoms with Crippen LogP contribution in [-0.2, 0) is 5.60 Å². The zero-order chi connectivity index (χ0) is 33.7. The number of aromatic nitrogens is 8. The number of carbonyl (C=O) groups excluding carboxylic acids is 1. The van der Waals surface area contributed by atoms with E-state index in [2.05, 4.69) is 40.8 Å². The first-order valence-corrected chi connectivity index (χ1v) is 15.2. The van der Waals surface area contributed by atoms with Gasteiger partial charge in [-0.3, -0.25) is 4.79 Å². The summed E-state index contributed by atoms with van der Waals surface area (Å²) in [4.78, 5) is 29.0. The second kappa shape index (κ2) is 14.1. The zero-order valence-corrected chi connectivity index (χ0v) is 27.8. The van der Waals surface area contributed by atoms with E-state index in [1.54, 1.807) is 55.2 Å². The molecule has 0 saturated carbocycles. The highest BCUT2D eigenvalue weighted by atomic mass is 35.5. The summed E-state index contributed by atoms with van der Waals surface area (Å²) in [6.45, 7) is 8.60. The maximum Gasteiger partial charge on any atom is 0.252 e. The number of ketones is 1. The van der Waals surface area contributed by atoms with Crippen LogP contribution in [0, 0.1) is 13.8 Å². The van der Waals surface area contributed by atoms with Crippen LogP contribution in [0.25, 0.3) is 11.9 Å². The summed E-state index contributed by atoms with van der Waals surface area (Å²) in [5.74, 6) is 2.02. The molecule has 4 heterocycles. The number of aryl methyl sites for hydroxylation is 2. The van der Waals surface area contributed by atoms with Gasteiger partial charge in [0.25, 0.3) is 11.9 Å². The Kier molecular flexibility index (Phi) is 9.95. The van der Waals surface area contributed by atoms with Gasteiger partial charge in [-0.15, -0.1) is 0 Å². The lowest BCUT2D eigenvalue weighted by Gasteiger charge is -2.13. The zero-order valence-electron chi connectivity index (χ0n) is 26.3. The number of Topliss-reactive ketones (excluding diaryl/α,β-unsaturated/α-hetero) is 1. The predicted molar refractivity (Wildman–Crippen MR) is 183 cm³/mol. The topological polar surface area (TPSA) is 149 Å². The molecule has 0 saturated heterocycles. The molecule has 0 bridgehead atoms. The third kappa shape index (κ3) is 8.97. The van der Waals surface area contributed by atoms with Gasteiger partial charge in [0.05, 0.1) is 5.69 Å². The third-order valence-electron chi connectivity index (χ3n) is 6.49. The third-order valence-corrected chi connectivity index (χ3v) is 7.00. The summed E-state index contributed by atoms with van der Waals surface area (Å²) < 4.78 is 3.03. The average Bonchev–Trinajstić information content (AvgIpc) is 3.71. The number of hydrogen-bond acceptors (Lipinski definition) is 10. The van der Waals surface area contributed by atoms with Crippen LogP contribution in [-0.4, -0.2) is 50.4 Å². The van der Waals surface area contributed by atoms with E-state index in [0.717, 1.165) is 22.8 Å². The molecule has 6 rings (SSSR count). The van der Waals surface area contributed by atoms with Gasteiger partial charge in [-0.2, -0.15) is 20.2 Å². The number of aliphatic hydroxyl groups is 1. The minimum atomic E-state index is -1.01. The lowest BCUT2D eigenvalue weighted by Crippen LogP contribution is -2.17. The first-order valence-electron chi connectivity index (χ1n) is 14.4. The molecule has 0 fully saturated rings. The summed E-state index contributed by atoms with van der Waals surface area (Å²) in [5, 5.41) is 26.3. The van der Waals surface area contributed by atoms with E-state index in [0.29, 0.717) is 45.0 Å². The van der Waals surface area contributed by atoms with Gasteiger partial charge in [0.1, 0.15) is 22.9 Å². The largest absolute Gasteiger partial charge is 0.384 e. The van der Waals surface area contributed by atoms with Gasteiger partial charge in [-0.1, -0.05) is 23.2 Å². The summed E-state index contributed by atoms with van der Waals surface area (Å²) in [7, 11) is 0. The molecule has 3 N–H and O–H groups in total. The molecule has 0 amide bonds. The number of halogens is 2. The van der Waals surface area contributed by atoms with Crippen molar-refractivity contribution in [2.45, 2.75) is 40.2 Å². The van der Waals surface area contributed by atoms with Crippen molar-refractivity contribution in [3.05, 3.63) is 118 Å². The molecule has 0 aliphatic rings. The van der Waals surface area contributed by atoms with E-state index in [1.165, 1.54) is 11.6 Å². The van der Waals surface area contributed by atoms with Crippen molar-refractivity contribution in [1.29, 1.82) is 0 Å². The highest BCUT2D eigenvalue weighted by molar-refractivity contribution is 6.30. The molecule has 0 radical (unpaired) electrons. The van der Waals surface area contributed by atoms with E-state index in [1.807, 2.05) is 62.4 Å². The Morgan fingerprint density at radius 3 is 1.55 bits per heavy atom. The van der Waals surface area contributed by atoms with Crippen LogP contribution in [0.4, 0.5) is 23.0 Å². The van der Waals surface area contributed by atoms with Crippen molar-refractivity contribution in [3.63, 3.8) is 0 Å². The van der Waals surface area contributed by atoms with E-state index < -0.39 is 5.60 Å². The molecular formula is C33H32Cl2N10O2. The van der Waals surface area contributed by atoms with Crippen molar-refractivity contribution in [2.24, 2.45) is 0 Å². The Morgan fingerprint density at radius 1 is 0.702 bits per heavy atom. The number of rotatable bonds is 8. The van der Waals surface area contributed by atoms with E-state index in [9.17, 15) is 9.90 Å². The van der Waals surface area contributed by atoms with Gasteiger partial charge in [0.2, 0.25) is 0 Å². The lowest BCUT2D eigenvalue weighted by molar-refractivity contribution is 0.0734. The summed E-state index contributed by atoms with van der Waals surface area (Å²) in [5.41, 5.74) is 3.24. The molecule has 14 heteroatoms. The van der Waals surface area contributed by atoms with Crippen LogP contribution in [0.5, 0.6) is 0 Å². The molecule has 12 nitrogen and oxygen atoms in total. The summed E-state index contributed by atoms with van der Waals surface area (Å²) >= 11 is 11.8. The van der Waals surface area contributed by atoms with E-state index in [-0.39, 0.29) is 5.78 Å². The number of hydrogen-bond donors (Lipinski definition) is 3. The van der Waals surface area contributed by atoms with Gasteiger partial charge < -0.3 is 15.7 Å². The van der Waals surface area contributed by atoms with Crippen LogP contribution < -0.4 is 10.6 Å². The standard InChI is InChI=1S/C17H18ClN5O.C16H14ClN5O/c1-11-10-15(20-13-6-4-12(18)5-7-13)21-16(19-11)23-9-8-14(22-23)17(2,3)24;1-10-9-15(19-13-5-3-12(17)4-6-13)20-16(18-10)22-8-7-14(21-22)11(2)23/h4-10,24H,1-3H3,(H,19,20,21);3-9H,1-2H3,(H,18,19,20). The molecular weight excluding hydrogens is 639 g/mol. The van der Waals surface area contributed by atoms with Gasteiger partial charge >= 0.3 is 0 Å². The minimum Gasteiger partial charge on any atom is -0.384 e. The van der Waals surface area contributed by atoms with Crippen LogP contribution in [0.3, 0.4) is 0 Å². The number of nitrogens with one attached hydrogen (secondary N) is 2. The van der Waals surface area contributed by atoms with Gasteiger partial charge in [0, 0.05) is 64.3 Å². The molecule has 0 aliphatic carbocycles. The van der Waals surface area contributed by atoms with Crippen LogP contribution in [0.2, 0.25) is 10.0 Å². The predicted octanol–water partition coefficient (Wildman–Crippen LogP) is 7.17. The summed E-state index contributed by atoms with van der Waals surface area (Å²) in [6.07, 6.45) is 3.39. The van der Waals surface area contributed by atoms with Crippen molar-refractivity contribution in [2.75, 3.05) is 10.6 Å². The first-order chi connectivity index (χ1) is 22.3. The average molecular weight is 672 g/mol. The van der Waals surface area contributed by atoms with Gasteiger partial charge in [-0.25, -0.2) is 19.3 Å². The fourth-order valence-corrected chi connectivity index (χ4v) is 4.44. The van der Waals surface area contributed by atoms with Crippen LogP contribution in [0.15, 0.2) is 85.2 Å². The Labute approximate surface area is 281 Å². The highest BCUT2D eigenvalue weighted by Gasteiger charge is 2.20. The van der Waals surface area contributed by atoms with Crippen molar-refractivity contribution in [3.8, 4) is 11.9 Å². The number of anilines is 4. The minimum absolute atomic E-state index is 0.101. The molecule has 0 aliphatic heterocycles. The van der Waals surface area contributed by atoms with Gasteiger partial charge in [-0.05, 0) is 88.4 Å². The van der Waals surface area contributed by atoms with Crippen molar-refractivity contribution in [1.82, 2.24) is 39.5 Å². The first kappa shape index (κ1) is 33.2. The molecule has 0 unspecified atom stereocenters. The Morgan fingerprint density at radius 2 is 1.15 bits per heavy atom. The van der Waals surface area contributed by atoms with E-state index in [4.69, 9.17) is 23.2 Å². The lowest BCUT2D eigenvalue weighted by atomic mass is 10.1. The van der Waals surface area contributed by atoms with Gasteiger partial charge in [0.15, 0.2) is 5.78 Å². The SMILES string of the molecule is CC(=O)c1ccn(-c2nc(C)cc(Nc3ccc(Cl)cc3)n2)n1.Cc1cc(Nc2ccc(Cl)cc2)nc(-n2ccc(C(C)(C)O)n2)n1. The van der Waals surface area contributed by atoms with Crippen molar-refractivity contribution < 1.29 is 9.90 Å². The van der Waals surface area contributed by atoms with Crippen LogP contribution >= 0.6 is 23.2 Å². The maximum absolute atomic E-state index is 11.4. The Bertz CT molecular complexity index is 2000. The smallest absolute Gasteiger partial charge is 0.252 e. The molecule has 0 spiro atoms. The molecule has 240 valence electrons. The number of benzene rings is 2. The fraction of sp³-hybridized carbons (Fsp3) is 0.182. The molecule has 6 aromatic rings. The molecule has 2 aromatic carbocycles. The summed E-state index contributed by atoms with van der Waals surface area (Å²) in [6, 6.07) is 21.7. The number of nitrogens with zero attached hydrogens (tertiary/aromatic N) is 8. The Balaban J connectivity index is 0.000000185. The number of carbonyl (C=O) groups is 1. The monoisotopic (exact) mass is 670 g/mol. The molecule has 4 aromatic heterocycles. The quantitative estimate of drug-likeness (QED) is 0.142. The fourth-order valence-electron chi connectivity index (χ4n) is 4.19. The Hall–Kier alpha value is -5.17. The van der Waals surface area contributed by atoms with Crippen LogP contribution in [0.1, 0.15) is 48.3 Å². The molecule has 0 atom stereocenters. The van der Waals surface area contributed by atoms with E-state index >= 15 is 0 Å². The van der Waals surface area contributed by atoms with Crippen molar-refractivity contribution >= 4 is 52.0 Å².